The van der Waals surface area contributed by atoms with Crippen molar-refractivity contribution in [2.75, 3.05) is 10.6 Å². The topological polar surface area (TPSA) is 62.7 Å². The molecule has 2 heterocycles. The lowest BCUT2D eigenvalue weighted by Gasteiger charge is -2.15. The van der Waals surface area contributed by atoms with Crippen LogP contribution in [0.3, 0.4) is 0 Å². The second-order valence-corrected chi connectivity index (χ2v) is 6.29. The van der Waals surface area contributed by atoms with E-state index in [1.54, 1.807) is 30.6 Å². The zero-order valence-electron chi connectivity index (χ0n) is 14.5. The summed E-state index contributed by atoms with van der Waals surface area (Å²) < 4.78 is 14.1. The third-order valence-electron chi connectivity index (χ3n) is 3.89. The van der Waals surface area contributed by atoms with Crippen LogP contribution in [-0.4, -0.2) is 21.0 Å². The van der Waals surface area contributed by atoms with E-state index in [4.69, 9.17) is 11.6 Å². The van der Waals surface area contributed by atoms with Crippen LogP contribution in [0.15, 0.2) is 48.8 Å². The van der Waals surface area contributed by atoms with Gasteiger partial charge in [-0.15, -0.1) is 0 Å². The number of pyridine rings is 1. The van der Waals surface area contributed by atoms with Gasteiger partial charge in [-0.3, -0.25) is 4.98 Å². The molecular formula is C19H19ClFN5. The lowest BCUT2D eigenvalue weighted by molar-refractivity contribution is 0.632. The molecule has 0 saturated heterocycles. The molecule has 0 aliphatic rings. The van der Waals surface area contributed by atoms with Crippen LogP contribution in [-0.2, 0) is 0 Å². The highest BCUT2D eigenvalue weighted by Gasteiger charge is 2.12. The van der Waals surface area contributed by atoms with Gasteiger partial charge in [0.1, 0.15) is 11.6 Å². The van der Waals surface area contributed by atoms with Gasteiger partial charge in [0.15, 0.2) is 0 Å². The molecule has 134 valence electrons. The average molecular weight is 372 g/mol. The molecule has 0 spiro atoms. The summed E-state index contributed by atoms with van der Waals surface area (Å²) in [7, 11) is 0. The molecule has 26 heavy (non-hydrogen) atoms. The normalized spacial score (nSPS) is 11.8. The van der Waals surface area contributed by atoms with Crippen molar-refractivity contribution < 1.29 is 4.39 Å². The van der Waals surface area contributed by atoms with E-state index in [1.165, 1.54) is 6.07 Å². The fourth-order valence-corrected chi connectivity index (χ4v) is 2.52. The molecule has 0 radical (unpaired) electrons. The number of rotatable bonds is 6. The van der Waals surface area contributed by atoms with Crippen LogP contribution in [0.2, 0.25) is 5.02 Å². The fourth-order valence-electron chi connectivity index (χ4n) is 2.31. The molecule has 0 bridgehead atoms. The van der Waals surface area contributed by atoms with Gasteiger partial charge in [0.05, 0.1) is 16.4 Å². The summed E-state index contributed by atoms with van der Waals surface area (Å²) in [5.74, 6) is 0.447. The van der Waals surface area contributed by atoms with Gasteiger partial charge in [-0.2, -0.15) is 4.98 Å². The van der Waals surface area contributed by atoms with Crippen molar-refractivity contribution in [1.29, 1.82) is 0 Å². The maximum absolute atomic E-state index is 14.1. The van der Waals surface area contributed by atoms with E-state index in [9.17, 15) is 4.39 Å². The Hall–Kier alpha value is -2.73. The standard InChI is InChI=1S/C19H19ClFN5/c1-3-12(2)23-19-24-16(13-6-5-9-22-11-13)10-17(26-19)25-18-14(20)7-4-8-15(18)21/h4-12H,3H2,1-2H3,(H2,23,24,25,26)/t12-/m1/s1. The van der Waals surface area contributed by atoms with Crippen LogP contribution in [0.25, 0.3) is 11.3 Å². The average Bonchev–Trinajstić information content (AvgIpc) is 2.65. The van der Waals surface area contributed by atoms with Gasteiger partial charge < -0.3 is 10.6 Å². The molecule has 0 unspecified atom stereocenters. The van der Waals surface area contributed by atoms with Crippen molar-refractivity contribution in [1.82, 2.24) is 15.0 Å². The summed E-state index contributed by atoms with van der Waals surface area (Å²) in [6.45, 7) is 4.11. The molecule has 3 aromatic rings. The number of aromatic nitrogens is 3. The van der Waals surface area contributed by atoms with E-state index in [0.29, 0.717) is 17.5 Å². The number of nitrogens with one attached hydrogen (secondary N) is 2. The van der Waals surface area contributed by atoms with Gasteiger partial charge in [0.25, 0.3) is 0 Å². The van der Waals surface area contributed by atoms with Crippen LogP contribution in [0.4, 0.5) is 21.8 Å². The van der Waals surface area contributed by atoms with Gasteiger partial charge in [-0.1, -0.05) is 24.6 Å². The number of anilines is 3. The largest absolute Gasteiger partial charge is 0.352 e. The summed E-state index contributed by atoms with van der Waals surface area (Å²) in [6, 6.07) is 10.2. The van der Waals surface area contributed by atoms with Gasteiger partial charge in [-0.05, 0) is 37.6 Å². The van der Waals surface area contributed by atoms with Crippen molar-refractivity contribution in [3.8, 4) is 11.3 Å². The molecule has 1 atom stereocenters. The van der Waals surface area contributed by atoms with Crippen LogP contribution >= 0.6 is 11.6 Å². The molecule has 2 aromatic heterocycles. The Balaban J connectivity index is 2.02. The molecule has 0 saturated carbocycles. The van der Waals surface area contributed by atoms with Crippen molar-refractivity contribution in [2.24, 2.45) is 0 Å². The van der Waals surface area contributed by atoms with Crippen molar-refractivity contribution >= 4 is 29.1 Å². The minimum absolute atomic E-state index is 0.180. The zero-order valence-corrected chi connectivity index (χ0v) is 15.3. The van der Waals surface area contributed by atoms with Crippen LogP contribution < -0.4 is 10.6 Å². The predicted octanol–water partition coefficient (Wildman–Crippen LogP) is 5.29. The molecule has 0 aliphatic heterocycles. The number of nitrogens with zero attached hydrogens (tertiary/aromatic N) is 3. The van der Waals surface area contributed by atoms with Crippen molar-refractivity contribution in [3.05, 3.63) is 59.6 Å². The minimum Gasteiger partial charge on any atom is -0.352 e. The first-order chi connectivity index (χ1) is 12.6. The molecule has 1 aromatic carbocycles. The van der Waals surface area contributed by atoms with Crippen LogP contribution in [0, 0.1) is 5.82 Å². The maximum atomic E-state index is 14.1. The Labute approximate surface area is 156 Å². The monoisotopic (exact) mass is 371 g/mol. The second-order valence-electron chi connectivity index (χ2n) is 5.88. The second kappa shape index (κ2) is 8.10. The van der Waals surface area contributed by atoms with E-state index >= 15 is 0 Å². The predicted molar refractivity (Wildman–Crippen MR) is 103 cm³/mol. The molecule has 2 N–H and O–H groups in total. The Kier molecular flexibility index (Phi) is 5.63. The summed E-state index contributed by atoms with van der Waals surface area (Å²) in [4.78, 5) is 13.1. The minimum atomic E-state index is -0.449. The van der Waals surface area contributed by atoms with E-state index in [2.05, 4.69) is 32.5 Å². The summed E-state index contributed by atoms with van der Waals surface area (Å²) in [5, 5.41) is 6.49. The highest BCUT2D eigenvalue weighted by atomic mass is 35.5. The lowest BCUT2D eigenvalue weighted by Crippen LogP contribution is -2.16. The summed E-state index contributed by atoms with van der Waals surface area (Å²) >= 11 is 6.11. The molecule has 5 nitrogen and oxygen atoms in total. The highest BCUT2D eigenvalue weighted by molar-refractivity contribution is 6.33. The number of halogens is 2. The Morgan fingerprint density at radius 1 is 1.19 bits per heavy atom. The van der Waals surface area contributed by atoms with Crippen LogP contribution in [0.5, 0.6) is 0 Å². The first kappa shape index (κ1) is 18.1. The fraction of sp³-hybridized carbons (Fsp3) is 0.211. The first-order valence-corrected chi connectivity index (χ1v) is 8.71. The molecule has 0 aliphatic carbocycles. The van der Waals surface area contributed by atoms with Gasteiger partial charge in [0, 0.05) is 30.1 Å². The number of hydrogen-bond donors (Lipinski definition) is 2. The molecule has 0 fully saturated rings. The van der Waals surface area contributed by atoms with Gasteiger partial charge >= 0.3 is 0 Å². The Morgan fingerprint density at radius 2 is 2.04 bits per heavy atom. The third kappa shape index (κ3) is 4.26. The zero-order chi connectivity index (χ0) is 18.5. The quantitative estimate of drug-likeness (QED) is 0.616. The van der Waals surface area contributed by atoms with Crippen LogP contribution in [0.1, 0.15) is 20.3 Å². The number of hydrogen-bond acceptors (Lipinski definition) is 5. The van der Waals surface area contributed by atoms with E-state index in [-0.39, 0.29) is 16.8 Å². The number of benzene rings is 1. The lowest BCUT2D eigenvalue weighted by atomic mass is 10.2. The summed E-state index contributed by atoms with van der Waals surface area (Å²) in [5.41, 5.74) is 1.69. The Morgan fingerprint density at radius 3 is 2.73 bits per heavy atom. The molecule has 3 rings (SSSR count). The molecule has 7 heteroatoms. The molecule has 0 amide bonds. The third-order valence-corrected chi connectivity index (χ3v) is 4.20. The SMILES string of the molecule is CC[C@@H](C)Nc1nc(Nc2c(F)cccc2Cl)cc(-c2cccnc2)n1. The van der Waals surface area contributed by atoms with E-state index in [1.807, 2.05) is 19.1 Å². The van der Waals surface area contributed by atoms with E-state index < -0.39 is 5.82 Å². The summed E-state index contributed by atoms with van der Waals surface area (Å²) in [6.07, 6.45) is 4.33. The van der Waals surface area contributed by atoms with Crippen molar-refractivity contribution in [2.45, 2.75) is 26.3 Å². The highest BCUT2D eigenvalue weighted by Crippen LogP contribution is 2.29. The number of para-hydroxylation sites is 1. The first-order valence-electron chi connectivity index (χ1n) is 8.34. The van der Waals surface area contributed by atoms with E-state index in [0.717, 1.165) is 12.0 Å². The maximum Gasteiger partial charge on any atom is 0.225 e. The van der Waals surface area contributed by atoms with Gasteiger partial charge in [-0.25, -0.2) is 9.37 Å². The Bertz CT molecular complexity index is 868. The van der Waals surface area contributed by atoms with Crippen molar-refractivity contribution in [3.63, 3.8) is 0 Å². The van der Waals surface area contributed by atoms with Gasteiger partial charge in [0.2, 0.25) is 5.95 Å². The smallest absolute Gasteiger partial charge is 0.225 e. The molecular weight excluding hydrogens is 353 g/mol.